The van der Waals surface area contributed by atoms with Crippen molar-refractivity contribution in [3.05, 3.63) is 59.7 Å². The summed E-state index contributed by atoms with van der Waals surface area (Å²) >= 11 is 0. The molecule has 0 radical (unpaired) electrons. The summed E-state index contributed by atoms with van der Waals surface area (Å²) in [6, 6.07) is 14.4. The first-order valence-electron chi connectivity index (χ1n) is 9.59. The van der Waals surface area contributed by atoms with Crippen molar-refractivity contribution < 1.29 is 19.1 Å². The van der Waals surface area contributed by atoms with E-state index < -0.39 is 11.9 Å². The fourth-order valence-electron chi connectivity index (χ4n) is 3.36. The normalized spacial score (nSPS) is 16.6. The lowest BCUT2D eigenvalue weighted by atomic mass is 9.87. The van der Waals surface area contributed by atoms with E-state index in [1.807, 2.05) is 24.3 Å². The minimum atomic E-state index is -0.470. The molecule has 1 N–H and O–H groups in total. The van der Waals surface area contributed by atoms with E-state index in [2.05, 4.69) is 26.1 Å². The Morgan fingerprint density at radius 1 is 1.10 bits per heavy atom. The summed E-state index contributed by atoms with van der Waals surface area (Å²) in [7, 11) is 1.31. The number of hydrogen-bond acceptors (Lipinski definition) is 4. The molecular weight excluding hydrogens is 368 g/mol. The molecule has 0 aromatic heterocycles. The first-order valence-corrected chi connectivity index (χ1v) is 9.59. The van der Waals surface area contributed by atoms with Crippen LogP contribution in [0.5, 0.6) is 0 Å². The van der Waals surface area contributed by atoms with E-state index in [9.17, 15) is 14.4 Å². The highest BCUT2D eigenvalue weighted by atomic mass is 16.5. The van der Waals surface area contributed by atoms with E-state index in [0.717, 1.165) is 5.69 Å². The molecule has 152 valence electrons. The van der Waals surface area contributed by atoms with Gasteiger partial charge in [-0.1, -0.05) is 39.0 Å². The van der Waals surface area contributed by atoms with Crippen LogP contribution in [0.2, 0.25) is 0 Å². The first-order chi connectivity index (χ1) is 13.7. The summed E-state index contributed by atoms with van der Waals surface area (Å²) in [5, 5.41) is 2.80. The van der Waals surface area contributed by atoms with Crippen LogP contribution < -0.4 is 10.2 Å². The average Bonchev–Trinajstić information content (AvgIpc) is 3.09. The van der Waals surface area contributed by atoms with Crippen LogP contribution in [-0.4, -0.2) is 31.4 Å². The molecule has 1 aliphatic heterocycles. The van der Waals surface area contributed by atoms with Crippen LogP contribution in [0.25, 0.3) is 0 Å². The van der Waals surface area contributed by atoms with E-state index in [4.69, 9.17) is 4.74 Å². The SMILES string of the molecule is COC(=O)c1cccc(NC(=O)C2CC(=O)N(c3ccc(C(C)(C)C)cc3)C2)c1. The lowest BCUT2D eigenvalue weighted by Gasteiger charge is -2.21. The van der Waals surface area contributed by atoms with Gasteiger partial charge in [0.1, 0.15) is 0 Å². The minimum absolute atomic E-state index is 0.0364. The standard InChI is InChI=1S/C23H26N2O4/c1-23(2,3)17-8-10-19(11-9-17)25-14-16(13-20(25)26)21(27)24-18-7-5-6-15(12-18)22(28)29-4/h5-12,16H,13-14H2,1-4H3,(H,24,27). The van der Waals surface area contributed by atoms with Gasteiger partial charge < -0.3 is 15.0 Å². The smallest absolute Gasteiger partial charge is 0.337 e. The summed E-state index contributed by atoms with van der Waals surface area (Å²) < 4.78 is 4.70. The maximum Gasteiger partial charge on any atom is 0.337 e. The van der Waals surface area contributed by atoms with Gasteiger partial charge in [0.15, 0.2) is 0 Å². The lowest BCUT2D eigenvalue weighted by molar-refractivity contribution is -0.122. The molecule has 0 aliphatic carbocycles. The Bertz CT molecular complexity index is 929. The van der Waals surface area contributed by atoms with E-state index in [-0.39, 0.29) is 23.7 Å². The third-order valence-electron chi connectivity index (χ3n) is 5.09. The number of hydrogen-bond donors (Lipinski definition) is 1. The molecular formula is C23H26N2O4. The topological polar surface area (TPSA) is 75.7 Å². The fourth-order valence-corrected chi connectivity index (χ4v) is 3.36. The van der Waals surface area contributed by atoms with Crippen LogP contribution in [0.3, 0.4) is 0 Å². The van der Waals surface area contributed by atoms with Gasteiger partial charge in [0.25, 0.3) is 0 Å². The van der Waals surface area contributed by atoms with Crippen molar-refractivity contribution in [1.29, 1.82) is 0 Å². The van der Waals surface area contributed by atoms with Crippen LogP contribution >= 0.6 is 0 Å². The monoisotopic (exact) mass is 394 g/mol. The first kappa shape index (κ1) is 20.6. The molecule has 1 fully saturated rings. The number of ether oxygens (including phenoxy) is 1. The van der Waals surface area contributed by atoms with Crippen LogP contribution in [0.1, 0.15) is 43.1 Å². The highest BCUT2D eigenvalue weighted by Gasteiger charge is 2.35. The largest absolute Gasteiger partial charge is 0.465 e. The summed E-state index contributed by atoms with van der Waals surface area (Å²) in [6.07, 6.45) is 0.156. The maximum atomic E-state index is 12.7. The second kappa shape index (κ2) is 8.07. The summed E-state index contributed by atoms with van der Waals surface area (Å²) in [5.74, 6) is -1.24. The number of esters is 1. The van der Waals surface area contributed by atoms with Gasteiger partial charge in [0, 0.05) is 24.3 Å². The van der Waals surface area contributed by atoms with Gasteiger partial charge in [0.2, 0.25) is 11.8 Å². The van der Waals surface area contributed by atoms with Gasteiger partial charge in [-0.3, -0.25) is 9.59 Å². The number of anilines is 2. The van der Waals surface area contributed by atoms with Crippen molar-refractivity contribution >= 4 is 29.2 Å². The fraction of sp³-hybridized carbons (Fsp3) is 0.348. The molecule has 1 aliphatic rings. The van der Waals surface area contributed by atoms with Gasteiger partial charge >= 0.3 is 5.97 Å². The molecule has 3 rings (SSSR count). The zero-order chi connectivity index (χ0) is 21.2. The van der Waals surface area contributed by atoms with Crippen LogP contribution in [0.15, 0.2) is 48.5 Å². The summed E-state index contributed by atoms with van der Waals surface area (Å²) in [4.78, 5) is 38.5. The Hall–Kier alpha value is -3.15. The number of carbonyl (C=O) groups excluding carboxylic acids is 3. The predicted octanol–water partition coefficient (Wildman–Crippen LogP) is 3.76. The number of amides is 2. The highest BCUT2D eigenvalue weighted by Crippen LogP contribution is 2.29. The molecule has 2 amide bonds. The average molecular weight is 394 g/mol. The van der Waals surface area contributed by atoms with Crippen molar-refractivity contribution in [2.45, 2.75) is 32.6 Å². The van der Waals surface area contributed by atoms with Crippen molar-refractivity contribution in [3.8, 4) is 0 Å². The third kappa shape index (κ3) is 4.65. The summed E-state index contributed by atoms with van der Waals surface area (Å²) in [5.41, 5.74) is 2.87. The van der Waals surface area contributed by atoms with E-state index in [1.54, 1.807) is 29.2 Å². The molecule has 0 spiro atoms. The van der Waals surface area contributed by atoms with Crippen molar-refractivity contribution in [3.63, 3.8) is 0 Å². The molecule has 6 heteroatoms. The van der Waals surface area contributed by atoms with Crippen molar-refractivity contribution in [2.75, 3.05) is 23.9 Å². The number of benzene rings is 2. The van der Waals surface area contributed by atoms with Gasteiger partial charge in [-0.2, -0.15) is 0 Å². The maximum absolute atomic E-state index is 12.7. The number of nitrogens with one attached hydrogen (secondary N) is 1. The van der Waals surface area contributed by atoms with Gasteiger partial charge in [-0.25, -0.2) is 4.79 Å². The van der Waals surface area contributed by atoms with Crippen LogP contribution in [0, 0.1) is 5.92 Å². The number of rotatable bonds is 4. The molecule has 2 aromatic carbocycles. The Kier molecular flexibility index (Phi) is 5.73. The molecule has 1 atom stereocenters. The Morgan fingerprint density at radius 3 is 2.41 bits per heavy atom. The number of carbonyl (C=O) groups is 3. The van der Waals surface area contributed by atoms with Gasteiger partial charge in [0.05, 0.1) is 18.6 Å². The van der Waals surface area contributed by atoms with E-state index >= 15 is 0 Å². The van der Waals surface area contributed by atoms with Gasteiger partial charge in [-0.05, 0) is 41.3 Å². The van der Waals surface area contributed by atoms with Gasteiger partial charge in [-0.15, -0.1) is 0 Å². The van der Waals surface area contributed by atoms with Crippen molar-refractivity contribution in [1.82, 2.24) is 0 Å². The van der Waals surface area contributed by atoms with Crippen LogP contribution in [0.4, 0.5) is 11.4 Å². The van der Waals surface area contributed by atoms with E-state index in [0.29, 0.717) is 17.8 Å². The Labute approximate surface area is 170 Å². The second-order valence-electron chi connectivity index (χ2n) is 8.26. The number of nitrogens with zero attached hydrogens (tertiary/aromatic N) is 1. The zero-order valence-corrected chi connectivity index (χ0v) is 17.2. The predicted molar refractivity (Wildman–Crippen MR) is 112 cm³/mol. The quantitative estimate of drug-likeness (QED) is 0.801. The van der Waals surface area contributed by atoms with E-state index in [1.165, 1.54) is 12.7 Å². The van der Waals surface area contributed by atoms with Crippen molar-refractivity contribution in [2.24, 2.45) is 5.92 Å². The molecule has 6 nitrogen and oxygen atoms in total. The minimum Gasteiger partial charge on any atom is -0.465 e. The molecule has 1 heterocycles. The second-order valence-corrected chi connectivity index (χ2v) is 8.26. The molecule has 29 heavy (non-hydrogen) atoms. The molecule has 1 saturated heterocycles. The van der Waals surface area contributed by atoms with Crippen LogP contribution in [-0.2, 0) is 19.7 Å². The molecule has 2 aromatic rings. The highest BCUT2D eigenvalue weighted by molar-refractivity contribution is 6.03. The Morgan fingerprint density at radius 2 is 1.79 bits per heavy atom. The number of methoxy groups -OCH3 is 1. The molecule has 1 unspecified atom stereocenters. The molecule has 0 bridgehead atoms. The Balaban J connectivity index is 1.68. The third-order valence-corrected chi connectivity index (χ3v) is 5.09. The molecule has 0 saturated carbocycles. The summed E-state index contributed by atoms with van der Waals surface area (Å²) in [6.45, 7) is 6.74. The lowest BCUT2D eigenvalue weighted by Crippen LogP contribution is -2.28. The zero-order valence-electron chi connectivity index (χ0n) is 17.2.